The minimum absolute atomic E-state index is 1.21. The molecule has 0 aromatic carbocycles. The van der Waals surface area contributed by atoms with Crippen LogP contribution in [0.15, 0.2) is 6.33 Å². The van der Waals surface area contributed by atoms with E-state index in [0.29, 0.717) is 0 Å². The zero-order valence-corrected chi connectivity index (χ0v) is 4.58. The van der Waals surface area contributed by atoms with Gasteiger partial charge < -0.3 is 0 Å². The molecule has 0 spiro atoms. The van der Waals surface area contributed by atoms with Gasteiger partial charge in [-0.25, -0.2) is 9.97 Å². The van der Waals surface area contributed by atoms with Gasteiger partial charge in [0, 0.05) is 13.8 Å². The molecule has 0 bridgehead atoms. The van der Waals surface area contributed by atoms with Gasteiger partial charge in [0.2, 0.25) is 6.33 Å². The molecule has 0 saturated carbocycles. The molecule has 38 valence electrons. The van der Waals surface area contributed by atoms with E-state index in [9.17, 15) is 0 Å². The maximum atomic E-state index is 3.01. The van der Waals surface area contributed by atoms with E-state index in [1.54, 1.807) is 0 Å². The smallest absolute Gasteiger partial charge is 0.239 e. The average molecular weight is 97.1 g/mol. The van der Waals surface area contributed by atoms with Crippen molar-refractivity contribution in [2.45, 2.75) is 13.8 Å². The van der Waals surface area contributed by atoms with Crippen LogP contribution in [-0.4, -0.2) is 4.98 Å². The first-order valence-corrected chi connectivity index (χ1v) is 2.33. The summed E-state index contributed by atoms with van der Waals surface area (Å²) in [5, 5.41) is 0. The molecule has 0 aliphatic heterocycles. The lowest BCUT2D eigenvalue weighted by molar-refractivity contribution is -0.385. The van der Waals surface area contributed by atoms with Crippen molar-refractivity contribution in [2.24, 2.45) is 0 Å². The van der Waals surface area contributed by atoms with E-state index in [1.807, 2.05) is 20.2 Å². The second kappa shape index (κ2) is 1.37. The van der Waals surface area contributed by atoms with Crippen molar-refractivity contribution in [3.8, 4) is 0 Å². The van der Waals surface area contributed by atoms with Crippen LogP contribution in [0.5, 0.6) is 0 Å². The fourth-order valence-electron chi connectivity index (χ4n) is 0.469. The number of aromatic nitrogens is 2. The Labute approximate surface area is 42.6 Å². The number of aromatic amines is 2. The number of hydrogen-bond acceptors (Lipinski definition) is 0. The Kier molecular flexibility index (Phi) is 0.855. The van der Waals surface area contributed by atoms with Crippen molar-refractivity contribution < 1.29 is 4.98 Å². The van der Waals surface area contributed by atoms with Crippen molar-refractivity contribution in [3.05, 3.63) is 17.7 Å². The Morgan fingerprint density at radius 3 is 2.43 bits per heavy atom. The molecule has 1 aromatic rings. The van der Waals surface area contributed by atoms with Crippen molar-refractivity contribution in [1.29, 1.82) is 0 Å². The highest BCUT2D eigenvalue weighted by Crippen LogP contribution is 1.89. The second-order valence-corrected chi connectivity index (χ2v) is 1.68. The summed E-state index contributed by atoms with van der Waals surface area (Å²) in [7, 11) is 0. The van der Waals surface area contributed by atoms with Gasteiger partial charge in [-0.1, -0.05) is 0 Å². The summed E-state index contributed by atoms with van der Waals surface area (Å²) < 4.78 is 0. The van der Waals surface area contributed by atoms with Crippen molar-refractivity contribution in [3.63, 3.8) is 0 Å². The standard InChI is InChI=1S/C5H8N2/c1-4-5(2)7-3-6-4/h3H,1-2H3,(H,6,7)/p+1. The minimum Gasteiger partial charge on any atom is -0.248 e. The molecule has 0 aliphatic rings. The van der Waals surface area contributed by atoms with E-state index in [-0.39, 0.29) is 0 Å². The van der Waals surface area contributed by atoms with Gasteiger partial charge in [-0.15, -0.1) is 0 Å². The molecule has 0 atom stereocenters. The summed E-state index contributed by atoms with van der Waals surface area (Å²) >= 11 is 0. The first-order valence-electron chi connectivity index (χ1n) is 2.33. The number of hydrogen-bond donors (Lipinski definition) is 1. The van der Waals surface area contributed by atoms with Crippen LogP contribution in [0, 0.1) is 13.8 Å². The summed E-state index contributed by atoms with van der Waals surface area (Å²) in [6, 6.07) is 0. The van der Waals surface area contributed by atoms with Gasteiger partial charge in [0.05, 0.1) is 0 Å². The van der Waals surface area contributed by atoms with Gasteiger partial charge in [0.1, 0.15) is 11.4 Å². The van der Waals surface area contributed by atoms with E-state index in [1.165, 1.54) is 11.4 Å². The molecular formula is C5H9N2+. The number of aryl methyl sites for hydroxylation is 2. The predicted molar refractivity (Wildman–Crippen MR) is 26.8 cm³/mol. The molecule has 0 saturated heterocycles. The monoisotopic (exact) mass is 97.1 g/mol. The summed E-state index contributed by atoms with van der Waals surface area (Å²) in [5.41, 5.74) is 2.42. The molecule has 2 N–H and O–H groups in total. The van der Waals surface area contributed by atoms with Crippen LogP contribution in [0.1, 0.15) is 11.4 Å². The third-order valence-electron chi connectivity index (χ3n) is 1.14. The Morgan fingerprint density at radius 2 is 2.29 bits per heavy atom. The van der Waals surface area contributed by atoms with E-state index in [4.69, 9.17) is 0 Å². The molecule has 1 aromatic heterocycles. The van der Waals surface area contributed by atoms with Crippen LogP contribution >= 0.6 is 0 Å². The lowest BCUT2D eigenvalue weighted by Crippen LogP contribution is -1.98. The molecule has 0 amide bonds. The highest BCUT2D eigenvalue weighted by Gasteiger charge is 1.95. The predicted octanol–water partition coefficient (Wildman–Crippen LogP) is 0.446. The summed E-state index contributed by atoms with van der Waals surface area (Å²) in [6.45, 7) is 4.07. The van der Waals surface area contributed by atoms with E-state index in [2.05, 4.69) is 9.97 Å². The quantitative estimate of drug-likeness (QED) is 0.487. The summed E-state index contributed by atoms with van der Waals surface area (Å²) in [6.07, 6.45) is 1.82. The van der Waals surface area contributed by atoms with E-state index >= 15 is 0 Å². The molecule has 0 fully saturated rings. The van der Waals surface area contributed by atoms with Gasteiger partial charge in [-0.2, -0.15) is 0 Å². The lowest BCUT2D eigenvalue weighted by Gasteiger charge is -1.71. The Morgan fingerprint density at radius 1 is 1.57 bits per heavy atom. The topological polar surface area (TPSA) is 29.9 Å². The first-order chi connectivity index (χ1) is 3.30. The van der Waals surface area contributed by atoms with Crippen LogP contribution < -0.4 is 4.98 Å². The molecule has 2 heteroatoms. The summed E-state index contributed by atoms with van der Waals surface area (Å²) in [4.78, 5) is 6.03. The van der Waals surface area contributed by atoms with Crippen LogP contribution in [-0.2, 0) is 0 Å². The molecule has 1 rings (SSSR count). The van der Waals surface area contributed by atoms with Gasteiger partial charge in [-0.05, 0) is 0 Å². The van der Waals surface area contributed by atoms with E-state index in [0.717, 1.165) is 0 Å². The van der Waals surface area contributed by atoms with Crippen LogP contribution in [0.4, 0.5) is 0 Å². The SMILES string of the molecule is Cc1[nH]c[nH+]c1C. The van der Waals surface area contributed by atoms with Crippen molar-refractivity contribution in [2.75, 3.05) is 0 Å². The van der Waals surface area contributed by atoms with Crippen LogP contribution in [0.3, 0.4) is 0 Å². The molecule has 0 aliphatic carbocycles. The number of rotatable bonds is 0. The van der Waals surface area contributed by atoms with Crippen molar-refractivity contribution >= 4 is 0 Å². The minimum atomic E-state index is 1.21. The molecule has 2 nitrogen and oxygen atoms in total. The number of imidazole rings is 1. The average Bonchev–Trinajstić information content (AvgIpc) is 1.91. The molecular weight excluding hydrogens is 88.1 g/mol. The van der Waals surface area contributed by atoms with Crippen molar-refractivity contribution in [1.82, 2.24) is 4.98 Å². The Bertz CT molecular complexity index is 138. The fourth-order valence-corrected chi connectivity index (χ4v) is 0.469. The molecule has 1 heterocycles. The zero-order chi connectivity index (χ0) is 5.28. The number of nitrogens with one attached hydrogen (secondary N) is 2. The maximum absolute atomic E-state index is 3.01. The maximum Gasteiger partial charge on any atom is 0.239 e. The Hall–Kier alpha value is -0.790. The Balaban J connectivity index is 3.12. The number of H-pyrrole nitrogens is 2. The fraction of sp³-hybridized carbons (Fsp3) is 0.400. The van der Waals surface area contributed by atoms with Gasteiger partial charge in [0.15, 0.2) is 0 Å². The third kappa shape index (κ3) is 0.633. The zero-order valence-electron chi connectivity index (χ0n) is 4.58. The largest absolute Gasteiger partial charge is 0.248 e. The van der Waals surface area contributed by atoms with E-state index < -0.39 is 0 Å². The van der Waals surface area contributed by atoms with Gasteiger partial charge in [0.25, 0.3) is 0 Å². The first kappa shape index (κ1) is 4.37. The third-order valence-corrected chi connectivity index (χ3v) is 1.14. The normalized spacial score (nSPS) is 9.43. The molecule has 0 unspecified atom stereocenters. The second-order valence-electron chi connectivity index (χ2n) is 1.68. The lowest BCUT2D eigenvalue weighted by atomic mass is 10.4. The molecule has 0 radical (unpaired) electrons. The highest BCUT2D eigenvalue weighted by atomic mass is 14.9. The molecule has 7 heavy (non-hydrogen) atoms. The highest BCUT2D eigenvalue weighted by molar-refractivity contribution is 4.97. The van der Waals surface area contributed by atoms with Crippen LogP contribution in [0.25, 0.3) is 0 Å². The summed E-state index contributed by atoms with van der Waals surface area (Å²) in [5.74, 6) is 0. The van der Waals surface area contributed by atoms with Gasteiger partial charge in [-0.3, -0.25) is 0 Å². The van der Waals surface area contributed by atoms with Crippen LogP contribution in [0.2, 0.25) is 0 Å². The van der Waals surface area contributed by atoms with Gasteiger partial charge >= 0.3 is 0 Å².